The summed E-state index contributed by atoms with van der Waals surface area (Å²) in [6, 6.07) is 7.75. The molecule has 2 saturated heterocycles. The molecule has 3 aliphatic rings. The monoisotopic (exact) mass is 331 g/mol. The highest BCUT2D eigenvalue weighted by Gasteiger charge is 2.45. The van der Waals surface area contributed by atoms with E-state index in [4.69, 9.17) is 9.47 Å². The molecule has 3 heterocycles. The molecule has 0 saturated carbocycles. The van der Waals surface area contributed by atoms with Crippen molar-refractivity contribution in [3.63, 3.8) is 0 Å². The lowest BCUT2D eigenvalue weighted by Gasteiger charge is -2.24. The van der Waals surface area contributed by atoms with Crippen LogP contribution in [0.5, 0.6) is 5.75 Å². The molecule has 4 rings (SSSR count). The van der Waals surface area contributed by atoms with Crippen molar-refractivity contribution < 1.29 is 24.3 Å². The summed E-state index contributed by atoms with van der Waals surface area (Å²) in [6.45, 7) is 0.496. The average molecular weight is 331 g/mol. The number of amides is 1. The van der Waals surface area contributed by atoms with Crippen molar-refractivity contribution in [3.8, 4) is 5.75 Å². The van der Waals surface area contributed by atoms with Crippen LogP contribution in [0.2, 0.25) is 0 Å². The number of hydrogen-bond donors (Lipinski definition) is 3. The molecule has 1 amide bonds. The largest absolute Gasteiger partial charge is 0.493 e. The van der Waals surface area contributed by atoms with Crippen LogP contribution in [-0.4, -0.2) is 47.8 Å². The van der Waals surface area contributed by atoms with Gasteiger partial charge >= 0.3 is 7.12 Å². The summed E-state index contributed by atoms with van der Waals surface area (Å²) >= 11 is 0. The predicted octanol–water partition coefficient (Wildman–Crippen LogP) is 0.617. The maximum absolute atomic E-state index is 12.5. The summed E-state index contributed by atoms with van der Waals surface area (Å²) in [5.74, 6) is -0.132. The van der Waals surface area contributed by atoms with Crippen LogP contribution < -0.4 is 10.1 Å². The number of carbonyl (C=O) groups excluding carboxylic acids is 1. The highest BCUT2D eigenvalue weighted by molar-refractivity contribution is 6.43. The van der Waals surface area contributed by atoms with Gasteiger partial charge in [-0.1, -0.05) is 18.2 Å². The van der Waals surface area contributed by atoms with Crippen LogP contribution in [0.25, 0.3) is 0 Å². The molecule has 1 aromatic rings. The Labute approximate surface area is 141 Å². The molecule has 1 unspecified atom stereocenters. The Morgan fingerprint density at radius 3 is 2.88 bits per heavy atom. The van der Waals surface area contributed by atoms with E-state index in [1.54, 1.807) is 0 Å². The first-order chi connectivity index (χ1) is 11.6. The number of ether oxygens (including phenoxy) is 2. The first-order valence-electron chi connectivity index (χ1n) is 8.65. The van der Waals surface area contributed by atoms with Crippen molar-refractivity contribution in [1.29, 1.82) is 0 Å². The van der Waals surface area contributed by atoms with Gasteiger partial charge in [0.25, 0.3) is 0 Å². The quantitative estimate of drug-likeness (QED) is 0.689. The molecule has 24 heavy (non-hydrogen) atoms. The molecular weight excluding hydrogens is 309 g/mol. The van der Waals surface area contributed by atoms with Crippen LogP contribution in [0.1, 0.15) is 37.2 Å². The highest BCUT2D eigenvalue weighted by Crippen LogP contribution is 2.39. The smallest absolute Gasteiger partial charge is 0.475 e. The minimum absolute atomic E-state index is 0.0120. The molecule has 6 nitrogen and oxygen atoms in total. The Morgan fingerprint density at radius 1 is 1.33 bits per heavy atom. The third-order valence-electron chi connectivity index (χ3n) is 5.47. The van der Waals surface area contributed by atoms with Crippen molar-refractivity contribution in [1.82, 2.24) is 5.32 Å². The SMILES string of the molecule is O=C(NC(C[C@@H]1COc2ccccc21)B(O)O)[C@@H]1C[C@@H]2CC[C@H]1O2. The summed E-state index contributed by atoms with van der Waals surface area (Å²) < 4.78 is 11.4. The number of nitrogens with one attached hydrogen (secondary N) is 1. The van der Waals surface area contributed by atoms with Gasteiger partial charge in [0.05, 0.1) is 30.7 Å². The molecule has 5 atom stereocenters. The number of para-hydroxylation sites is 1. The fourth-order valence-corrected chi connectivity index (χ4v) is 4.19. The molecule has 128 valence electrons. The molecular formula is C17H22BNO5. The lowest BCUT2D eigenvalue weighted by atomic mass is 9.73. The van der Waals surface area contributed by atoms with Gasteiger partial charge in [0.15, 0.2) is 0 Å². The van der Waals surface area contributed by atoms with E-state index in [0.29, 0.717) is 13.0 Å². The molecule has 0 aliphatic carbocycles. The lowest BCUT2D eigenvalue weighted by molar-refractivity contribution is -0.127. The van der Waals surface area contributed by atoms with Crippen LogP contribution in [0, 0.1) is 5.92 Å². The molecule has 0 spiro atoms. The zero-order chi connectivity index (χ0) is 16.7. The van der Waals surface area contributed by atoms with E-state index in [1.165, 1.54) is 0 Å². The Kier molecular flexibility index (Phi) is 4.24. The summed E-state index contributed by atoms with van der Waals surface area (Å²) in [4.78, 5) is 12.5. The molecule has 0 radical (unpaired) electrons. The van der Waals surface area contributed by atoms with Crippen LogP contribution >= 0.6 is 0 Å². The second-order valence-corrected chi connectivity index (χ2v) is 7.03. The number of rotatable bonds is 5. The van der Waals surface area contributed by atoms with Gasteiger partial charge in [0, 0.05) is 11.5 Å². The number of fused-ring (bicyclic) bond motifs is 3. The van der Waals surface area contributed by atoms with Crippen molar-refractivity contribution in [2.45, 2.75) is 49.8 Å². The van der Waals surface area contributed by atoms with Gasteiger partial charge in [0.1, 0.15) is 5.75 Å². The first-order valence-corrected chi connectivity index (χ1v) is 8.65. The number of benzene rings is 1. The van der Waals surface area contributed by atoms with Crippen LogP contribution in [0.15, 0.2) is 24.3 Å². The Bertz CT molecular complexity index is 625. The van der Waals surface area contributed by atoms with E-state index in [9.17, 15) is 14.8 Å². The molecule has 0 aromatic heterocycles. The summed E-state index contributed by atoms with van der Waals surface area (Å²) in [5, 5.41) is 22.3. The summed E-state index contributed by atoms with van der Waals surface area (Å²) in [5.41, 5.74) is 1.06. The topological polar surface area (TPSA) is 88.0 Å². The third kappa shape index (κ3) is 2.92. The van der Waals surface area contributed by atoms with Crippen LogP contribution in [0.3, 0.4) is 0 Å². The minimum Gasteiger partial charge on any atom is -0.493 e. The van der Waals surface area contributed by atoms with E-state index >= 15 is 0 Å². The van der Waals surface area contributed by atoms with Gasteiger partial charge in [-0.15, -0.1) is 0 Å². The predicted molar refractivity (Wildman–Crippen MR) is 87.4 cm³/mol. The molecule has 3 aliphatic heterocycles. The Balaban J connectivity index is 1.41. The molecule has 2 fully saturated rings. The van der Waals surface area contributed by atoms with Gasteiger partial charge in [-0.3, -0.25) is 4.79 Å². The van der Waals surface area contributed by atoms with E-state index in [1.807, 2.05) is 24.3 Å². The maximum atomic E-state index is 12.5. The fourth-order valence-electron chi connectivity index (χ4n) is 4.19. The lowest BCUT2D eigenvalue weighted by Crippen LogP contribution is -2.50. The van der Waals surface area contributed by atoms with Crippen LogP contribution in [0.4, 0.5) is 0 Å². The zero-order valence-corrected chi connectivity index (χ0v) is 13.4. The van der Waals surface area contributed by atoms with E-state index in [0.717, 1.165) is 30.6 Å². The summed E-state index contributed by atoms with van der Waals surface area (Å²) in [7, 11) is -1.60. The zero-order valence-electron chi connectivity index (χ0n) is 13.4. The van der Waals surface area contributed by atoms with Gasteiger partial charge in [-0.2, -0.15) is 0 Å². The number of carbonyl (C=O) groups is 1. The van der Waals surface area contributed by atoms with Crippen LogP contribution in [-0.2, 0) is 9.53 Å². The fraction of sp³-hybridized carbons (Fsp3) is 0.588. The van der Waals surface area contributed by atoms with Crippen molar-refractivity contribution in [2.75, 3.05) is 6.61 Å². The van der Waals surface area contributed by atoms with Gasteiger partial charge < -0.3 is 24.8 Å². The molecule has 2 bridgehead atoms. The van der Waals surface area contributed by atoms with Crippen molar-refractivity contribution in [3.05, 3.63) is 29.8 Å². The second-order valence-electron chi connectivity index (χ2n) is 7.03. The average Bonchev–Trinajstić information content (AvgIpc) is 3.29. The normalized spacial score (nSPS) is 31.4. The van der Waals surface area contributed by atoms with Gasteiger partial charge in [-0.25, -0.2) is 0 Å². The van der Waals surface area contributed by atoms with E-state index in [2.05, 4.69) is 5.32 Å². The summed E-state index contributed by atoms with van der Waals surface area (Å²) in [6.07, 6.45) is 3.29. The number of hydrogen-bond acceptors (Lipinski definition) is 5. The Morgan fingerprint density at radius 2 is 2.17 bits per heavy atom. The van der Waals surface area contributed by atoms with E-state index in [-0.39, 0.29) is 30.0 Å². The molecule has 1 aromatic carbocycles. The molecule has 7 heteroatoms. The van der Waals surface area contributed by atoms with Crippen molar-refractivity contribution in [2.24, 2.45) is 5.92 Å². The first kappa shape index (κ1) is 15.9. The third-order valence-corrected chi connectivity index (χ3v) is 5.47. The standard InChI is InChI=1S/C17H22BNO5/c20-17(13-8-11-5-6-15(13)24-11)19-16(18(21)22)7-10-9-23-14-4-2-1-3-12(10)14/h1-4,10-11,13,15-16,21-22H,5-9H2,(H,19,20)/t10-,11+,13-,15-,16?/m1/s1. The maximum Gasteiger partial charge on any atom is 0.475 e. The highest BCUT2D eigenvalue weighted by atomic mass is 16.5. The Hall–Kier alpha value is -1.57. The van der Waals surface area contributed by atoms with Crippen molar-refractivity contribution >= 4 is 13.0 Å². The minimum atomic E-state index is -1.60. The van der Waals surface area contributed by atoms with Gasteiger partial charge in [0.2, 0.25) is 5.91 Å². The second kappa shape index (κ2) is 6.39. The molecule has 3 N–H and O–H groups in total. The van der Waals surface area contributed by atoms with Gasteiger partial charge in [-0.05, 0) is 31.7 Å². The van der Waals surface area contributed by atoms with E-state index < -0.39 is 13.1 Å².